The van der Waals surface area contributed by atoms with E-state index in [2.05, 4.69) is 0 Å². The third kappa shape index (κ3) is 3.10. The van der Waals surface area contributed by atoms with Crippen LogP contribution >= 0.6 is 11.6 Å². The SMILES string of the molecule is CCN(c1cccc(Cl)c1)C(C)S(=O)(=O)O. The zero-order valence-electron chi connectivity index (χ0n) is 9.09. The Morgan fingerprint density at radius 1 is 1.50 bits per heavy atom. The predicted molar refractivity (Wildman–Crippen MR) is 65.5 cm³/mol. The maximum Gasteiger partial charge on any atom is 0.286 e. The van der Waals surface area contributed by atoms with Crippen LogP contribution in [0.2, 0.25) is 5.02 Å². The fourth-order valence-corrected chi connectivity index (χ4v) is 2.24. The summed E-state index contributed by atoms with van der Waals surface area (Å²) in [7, 11) is -4.09. The Hall–Kier alpha value is -0.780. The molecule has 0 fully saturated rings. The minimum absolute atomic E-state index is 0.460. The van der Waals surface area contributed by atoms with E-state index in [4.69, 9.17) is 16.2 Å². The van der Waals surface area contributed by atoms with E-state index in [1.807, 2.05) is 6.92 Å². The first-order valence-electron chi connectivity index (χ1n) is 4.84. The minimum atomic E-state index is -4.09. The van der Waals surface area contributed by atoms with Crippen LogP contribution in [0.5, 0.6) is 0 Å². The van der Waals surface area contributed by atoms with Gasteiger partial charge in [0.15, 0.2) is 5.37 Å². The molecule has 1 aromatic rings. The van der Waals surface area contributed by atoms with Crippen LogP contribution in [0.1, 0.15) is 13.8 Å². The van der Waals surface area contributed by atoms with Gasteiger partial charge in [0, 0.05) is 17.3 Å². The van der Waals surface area contributed by atoms with Crippen LogP contribution in [0.4, 0.5) is 5.69 Å². The largest absolute Gasteiger partial charge is 0.353 e. The van der Waals surface area contributed by atoms with Gasteiger partial charge in [-0.2, -0.15) is 8.42 Å². The van der Waals surface area contributed by atoms with Gasteiger partial charge in [-0.15, -0.1) is 0 Å². The molecule has 0 aliphatic heterocycles. The second-order valence-electron chi connectivity index (χ2n) is 3.38. The van der Waals surface area contributed by atoms with Crippen LogP contribution in [0.25, 0.3) is 0 Å². The lowest BCUT2D eigenvalue weighted by Gasteiger charge is -2.27. The highest BCUT2D eigenvalue weighted by Crippen LogP contribution is 2.22. The average molecular weight is 264 g/mol. The van der Waals surface area contributed by atoms with Crippen molar-refractivity contribution in [3.63, 3.8) is 0 Å². The molecule has 0 saturated heterocycles. The third-order valence-corrected chi connectivity index (χ3v) is 3.70. The van der Waals surface area contributed by atoms with Crippen LogP contribution in [0.15, 0.2) is 24.3 Å². The maximum atomic E-state index is 11.1. The summed E-state index contributed by atoms with van der Waals surface area (Å²) in [5.74, 6) is 0. The van der Waals surface area contributed by atoms with Gasteiger partial charge in [0.1, 0.15) is 0 Å². The van der Waals surface area contributed by atoms with E-state index >= 15 is 0 Å². The number of halogens is 1. The van der Waals surface area contributed by atoms with Crippen LogP contribution < -0.4 is 4.90 Å². The molecule has 4 nitrogen and oxygen atoms in total. The molecule has 0 radical (unpaired) electrons. The summed E-state index contributed by atoms with van der Waals surface area (Å²) in [4.78, 5) is 1.56. The molecule has 1 rings (SSSR count). The Balaban J connectivity index is 3.08. The molecule has 0 aromatic heterocycles. The molecule has 1 unspecified atom stereocenters. The molecule has 0 heterocycles. The zero-order valence-corrected chi connectivity index (χ0v) is 10.7. The molecule has 1 atom stereocenters. The van der Waals surface area contributed by atoms with Crippen molar-refractivity contribution in [2.24, 2.45) is 0 Å². The molecule has 0 aliphatic rings. The lowest BCUT2D eigenvalue weighted by Crippen LogP contribution is -2.38. The van der Waals surface area contributed by atoms with Gasteiger partial charge in [-0.1, -0.05) is 17.7 Å². The van der Waals surface area contributed by atoms with Crippen LogP contribution in [-0.2, 0) is 10.1 Å². The van der Waals surface area contributed by atoms with Gasteiger partial charge >= 0.3 is 0 Å². The maximum absolute atomic E-state index is 11.1. The number of nitrogens with zero attached hydrogens (tertiary/aromatic N) is 1. The first-order chi connectivity index (χ1) is 7.36. The highest BCUT2D eigenvalue weighted by Gasteiger charge is 2.24. The number of benzene rings is 1. The van der Waals surface area contributed by atoms with Gasteiger partial charge < -0.3 is 4.90 Å². The number of anilines is 1. The second-order valence-corrected chi connectivity index (χ2v) is 5.53. The van der Waals surface area contributed by atoms with Crippen molar-refractivity contribution in [2.75, 3.05) is 11.4 Å². The minimum Gasteiger partial charge on any atom is -0.353 e. The molecule has 0 aliphatic carbocycles. The van der Waals surface area contributed by atoms with E-state index in [9.17, 15) is 8.42 Å². The van der Waals surface area contributed by atoms with Gasteiger partial charge in [-0.25, -0.2) is 0 Å². The summed E-state index contributed by atoms with van der Waals surface area (Å²) >= 11 is 5.83. The summed E-state index contributed by atoms with van der Waals surface area (Å²) in [6, 6.07) is 6.85. The Labute approximate surface area is 101 Å². The van der Waals surface area contributed by atoms with Crippen LogP contribution in [0, 0.1) is 0 Å². The number of rotatable bonds is 4. The van der Waals surface area contributed by atoms with Gasteiger partial charge in [0.25, 0.3) is 10.1 Å². The first kappa shape index (κ1) is 13.3. The Bertz CT molecular complexity index is 461. The molecule has 16 heavy (non-hydrogen) atoms. The molecule has 0 bridgehead atoms. The topological polar surface area (TPSA) is 57.6 Å². The normalized spacial score (nSPS) is 13.5. The van der Waals surface area contributed by atoms with Crippen molar-refractivity contribution in [3.8, 4) is 0 Å². The summed E-state index contributed by atoms with van der Waals surface area (Å²) < 4.78 is 31.2. The fraction of sp³-hybridized carbons (Fsp3) is 0.400. The summed E-state index contributed by atoms with van der Waals surface area (Å²) in [5, 5.41) is -0.463. The summed E-state index contributed by atoms with van der Waals surface area (Å²) in [5.41, 5.74) is 0.667. The molecule has 0 amide bonds. The van der Waals surface area contributed by atoms with Gasteiger partial charge in [0.2, 0.25) is 0 Å². The molecule has 90 valence electrons. The van der Waals surface area contributed by atoms with Gasteiger partial charge in [-0.3, -0.25) is 4.55 Å². The number of hydrogen-bond acceptors (Lipinski definition) is 3. The van der Waals surface area contributed by atoms with Crippen molar-refractivity contribution in [2.45, 2.75) is 19.2 Å². The molecule has 0 saturated carbocycles. The van der Waals surface area contributed by atoms with Crippen molar-refractivity contribution >= 4 is 27.4 Å². The third-order valence-electron chi connectivity index (χ3n) is 2.35. The lowest BCUT2D eigenvalue weighted by molar-refractivity contribution is 0.467. The van der Waals surface area contributed by atoms with E-state index in [-0.39, 0.29) is 0 Å². The monoisotopic (exact) mass is 263 g/mol. The van der Waals surface area contributed by atoms with Crippen LogP contribution in [0.3, 0.4) is 0 Å². The smallest absolute Gasteiger partial charge is 0.286 e. The number of hydrogen-bond donors (Lipinski definition) is 1. The van der Waals surface area contributed by atoms with E-state index in [0.717, 1.165) is 0 Å². The van der Waals surface area contributed by atoms with Gasteiger partial charge in [-0.05, 0) is 32.0 Å². The van der Waals surface area contributed by atoms with Crippen molar-refractivity contribution < 1.29 is 13.0 Å². The zero-order chi connectivity index (χ0) is 12.3. The molecule has 1 N–H and O–H groups in total. The van der Waals surface area contributed by atoms with Crippen molar-refractivity contribution in [1.82, 2.24) is 0 Å². The van der Waals surface area contributed by atoms with E-state index in [0.29, 0.717) is 17.3 Å². The first-order valence-corrected chi connectivity index (χ1v) is 6.73. The Morgan fingerprint density at radius 3 is 2.56 bits per heavy atom. The highest BCUT2D eigenvalue weighted by atomic mass is 35.5. The molecular weight excluding hydrogens is 250 g/mol. The summed E-state index contributed by atoms with van der Waals surface area (Å²) in [6.45, 7) is 3.70. The summed E-state index contributed by atoms with van der Waals surface area (Å²) in [6.07, 6.45) is 0. The lowest BCUT2D eigenvalue weighted by atomic mass is 10.3. The standard InChI is InChI=1S/C10H14ClNO3S/c1-3-12(8(2)16(13,14)15)10-6-4-5-9(11)7-10/h4-8H,3H2,1-2H3,(H,13,14,15). The predicted octanol–water partition coefficient (Wildman–Crippen LogP) is 2.40. The average Bonchev–Trinajstić information content (AvgIpc) is 2.17. The van der Waals surface area contributed by atoms with Crippen LogP contribution in [-0.4, -0.2) is 24.9 Å². The second kappa shape index (κ2) is 5.03. The van der Waals surface area contributed by atoms with E-state index in [1.54, 1.807) is 29.2 Å². The van der Waals surface area contributed by atoms with Crippen molar-refractivity contribution in [1.29, 1.82) is 0 Å². The Kier molecular flexibility index (Phi) is 4.18. The highest BCUT2D eigenvalue weighted by molar-refractivity contribution is 7.86. The van der Waals surface area contributed by atoms with Crippen molar-refractivity contribution in [3.05, 3.63) is 29.3 Å². The molecule has 0 spiro atoms. The molecule has 6 heteroatoms. The van der Waals surface area contributed by atoms with Gasteiger partial charge in [0.05, 0.1) is 0 Å². The van der Waals surface area contributed by atoms with E-state index < -0.39 is 15.5 Å². The fourth-order valence-electron chi connectivity index (χ4n) is 1.47. The molecule has 1 aromatic carbocycles. The van der Waals surface area contributed by atoms with E-state index in [1.165, 1.54) is 6.92 Å². The molecular formula is C10H14ClNO3S. The quantitative estimate of drug-likeness (QED) is 0.848. The Morgan fingerprint density at radius 2 is 2.12 bits per heavy atom.